The molecule has 1 aromatic heterocycles. The molecule has 0 unspecified atom stereocenters. The van der Waals surface area contributed by atoms with Crippen LogP contribution in [-0.4, -0.2) is 33.2 Å². The molecule has 0 aliphatic rings. The van der Waals surface area contributed by atoms with Gasteiger partial charge in [0.1, 0.15) is 29.4 Å². The number of para-hydroxylation sites is 1. The zero-order valence-electron chi connectivity index (χ0n) is 14.3. The van der Waals surface area contributed by atoms with Crippen LogP contribution in [0.4, 0.5) is 0 Å². The number of amides is 1. The SMILES string of the molecule is Cn1c(=O)c(C(=O)NCC(=O)O)c(O)c2ccc(Oc3ccccc3)cc21. The van der Waals surface area contributed by atoms with Crippen LogP contribution in [0.2, 0.25) is 0 Å². The van der Waals surface area contributed by atoms with Crippen molar-refractivity contribution in [2.45, 2.75) is 0 Å². The molecule has 0 atom stereocenters. The summed E-state index contributed by atoms with van der Waals surface area (Å²) in [6.45, 7) is -0.663. The standard InChI is InChI=1S/C19H16N2O6/c1-21-14-9-12(27-11-5-3-2-4-6-11)7-8-13(14)17(24)16(19(21)26)18(25)20-10-15(22)23/h2-9,24H,10H2,1H3,(H,20,25)(H,22,23). The molecule has 1 heterocycles. The number of hydrogen-bond acceptors (Lipinski definition) is 5. The van der Waals surface area contributed by atoms with Crippen LogP contribution in [0, 0.1) is 0 Å². The molecule has 0 aliphatic heterocycles. The van der Waals surface area contributed by atoms with Crippen LogP contribution >= 0.6 is 0 Å². The Hall–Kier alpha value is -3.81. The quantitative estimate of drug-likeness (QED) is 0.633. The predicted molar refractivity (Wildman–Crippen MR) is 97.3 cm³/mol. The van der Waals surface area contributed by atoms with Gasteiger partial charge in [0.15, 0.2) is 0 Å². The first-order valence-corrected chi connectivity index (χ1v) is 7.97. The molecule has 3 aromatic rings. The number of ether oxygens (including phenoxy) is 1. The summed E-state index contributed by atoms with van der Waals surface area (Å²) in [5, 5.41) is 21.4. The van der Waals surface area contributed by atoms with Gasteiger partial charge in [-0.25, -0.2) is 0 Å². The lowest BCUT2D eigenvalue weighted by Crippen LogP contribution is -2.35. The van der Waals surface area contributed by atoms with E-state index in [-0.39, 0.29) is 5.39 Å². The summed E-state index contributed by atoms with van der Waals surface area (Å²) in [6.07, 6.45) is 0. The van der Waals surface area contributed by atoms with E-state index < -0.39 is 35.3 Å². The lowest BCUT2D eigenvalue weighted by Gasteiger charge is -2.13. The first-order valence-electron chi connectivity index (χ1n) is 7.97. The molecule has 0 spiro atoms. The molecule has 1 amide bonds. The van der Waals surface area contributed by atoms with Gasteiger partial charge in [-0.05, 0) is 24.3 Å². The highest BCUT2D eigenvalue weighted by atomic mass is 16.5. The number of hydrogen-bond donors (Lipinski definition) is 3. The molecule has 8 nitrogen and oxygen atoms in total. The zero-order chi connectivity index (χ0) is 19.6. The van der Waals surface area contributed by atoms with Crippen LogP contribution < -0.4 is 15.6 Å². The monoisotopic (exact) mass is 368 g/mol. The Morgan fingerprint density at radius 3 is 2.48 bits per heavy atom. The third-order valence-corrected chi connectivity index (χ3v) is 3.95. The van der Waals surface area contributed by atoms with Crippen molar-refractivity contribution >= 4 is 22.8 Å². The maximum Gasteiger partial charge on any atom is 0.322 e. The third kappa shape index (κ3) is 3.59. The minimum Gasteiger partial charge on any atom is -0.506 e. The number of carbonyl (C=O) groups is 2. The van der Waals surface area contributed by atoms with Crippen LogP contribution in [-0.2, 0) is 11.8 Å². The molecular formula is C19H16N2O6. The van der Waals surface area contributed by atoms with E-state index in [0.29, 0.717) is 17.0 Å². The number of nitrogens with one attached hydrogen (secondary N) is 1. The van der Waals surface area contributed by atoms with Crippen molar-refractivity contribution in [2.24, 2.45) is 7.05 Å². The van der Waals surface area contributed by atoms with E-state index in [4.69, 9.17) is 9.84 Å². The van der Waals surface area contributed by atoms with Crippen molar-refractivity contribution in [1.82, 2.24) is 9.88 Å². The van der Waals surface area contributed by atoms with Gasteiger partial charge in [0, 0.05) is 18.5 Å². The van der Waals surface area contributed by atoms with Crippen molar-refractivity contribution < 1.29 is 24.5 Å². The average Bonchev–Trinajstić information content (AvgIpc) is 2.65. The van der Waals surface area contributed by atoms with E-state index in [1.165, 1.54) is 17.7 Å². The Bertz CT molecular complexity index is 1090. The number of carboxylic acids is 1. The van der Waals surface area contributed by atoms with E-state index >= 15 is 0 Å². The summed E-state index contributed by atoms with van der Waals surface area (Å²) in [5.74, 6) is -1.67. The van der Waals surface area contributed by atoms with Crippen molar-refractivity contribution in [3.8, 4) is 17.2 Å². The van der Waals surface area contributed by atoms with Gasteiger partial charge in [0.05, 0.1) is 5.52 Å². The van der Waals surface area contributed by atoms with E-state index in [1.54, 1.807) is 24.3 Å². The molecule has 3 rings (SSSR count). The maximum atomic E-state index is 12.5. The molecule has 0 radical (unpaired) electrons. The Labute approximate surface area is 153 Å². The highest BCUT2D eigenvalue weighted by Gasteiger charge is 2.21. The molecular weight excluding hydrogens is 352 g/mol. The number of aliphatic carboxylic acids is 1. The molecule has 0 aliphatic carbocycles. The van der Waals surface area contributed by atoms with Gasteiger partial charge in [-0.3, -0.25) is 14.4 Å². The predicted octanol–water partition coefficient (Wildman–Crippen LogP) is 1.85. The average molecular weight is 368 g/mol. The highest BCUT2D eigenvalue weighted by Crippen LogP contribution is 2.30. The number of benzene rings is 2. The minimum atomic E-state index is -1.26. The number of aryl methyl sites for hydroxylation is 1. The van der Waals surface area contributed by atoms with E-state index in [9.17, 15) is 19.5 Å². The number of nitrogens with zero attached hydrogens (tertiary/aromatic N) is 1. The zero-order valence-corrected chi connectivity index (χ0v) is 14.3. The second kappa shape index (κ2) is 7.20. The molecule has 138 valence electrons. The van der Waals surface area contributed by atoms with E-state index in [2.05, 4.69) is 5.32 Å². The number of carbonyl (C=O) groups excluding carboxylic acids is 1. The Balaban J connectivity index is 2.05. The van der Waals surface area contributed by atoms with Gasteiger partial charge in [0.25, 0.3) is 11.5 Å². The lowest BCUT2D eigenvalue weighted by molar-refractivity contribution is -0.135. The number of rotatable bonds is 5. The smallest absolute Gasteiger partial charge is 0.322 e. The lowest BCUT2D eigenvalue weighted by atomic mass is 10.1. The number of fused-ring (bicyclic) bond motifs is 1. The van der Waals surface area contributed by atoms with Crippen molar-refractivity contribution in [3.05, 3.63) is 64.4 Å². The highest BCUT2D eigenvalue weighted by molar-refractivity contribution is 6.03. The molecule has 0 bridgehead atoms. The summed E-state index contributed by atoms with van der Waals surface area (Å²) in [4.78, 5) is 35.2. The molecule has 0 saturated heterocycles. The molecule has 0 saturated carbocycles. The van der Waals surface area contributed by atoms with Crippen LogP contribution in [0.3, 0.4) is 0 Å². The van der Waals surface area contributed by atoms with Crippen LogP contribution in [0.15, 0.2) is 53.3 Å². The summed E-state index contributed by atoms with van der Waals surface area (Å²) in [7, 11) is 1.45. The fourth-order valence-electron chi connectivity index (χ4n) is 2.64. The third-order valence-electron chi connectivity index (χ3n) is 3.95. The summed E-state index contributed by atoms with van der Waals surface area (Å²) in [5.41, 5.74) is -0.900. The van der Waals surface area contributed by atoms with Gasteiger partial charge in [-0.15, -0.1) is 0 Å². The second-order valence-electron chi connectivity index (χ2n) is 5.76. The molecule has 0 fully saturated rings. The number of carboxylic acid groups (broad SMARTS) is 1. The van der Waals surface area contributed by atoms with Gasteiger partial charge in [0.2, 0.25) is 0 Å². The van der Waals surface area contributed by atoms with Crippen LogP contribution in [0.25, 0.3) is 10.9 Å². The summed E-state index contributed by atoms with van der Waals surface area (Å²) >= 11 is 0. The molecule has 8 heteroatoms. The minimum absolute atomic E-state index is 0.262. The molecule has 3 N–H and O–H groups in total. The van der Waals surface area contributed by atoms with E-state index in [0.717, 1.165) is 0 Å². The van der Waals surface area contributed by atoms with Gasteiger partial charge in [-0.1, -0.05) is 18.2 Å². The van der Waals surface area contributed by atoms with Gasteiger partial charge < -0.3 is 24.8 Å². The number of aromatic nitrogens is 1. The fraction of sp³-hybridized carbons (Fsp3) is 0.105. The normalized spacial score (nSPS) is 10.6. The maximum absolute atomic E-state index is 12.5. The molecule has 2 aromatic carbocycles. The van der Waals surface area contributed by atoms with Crippen LogP contribution in [0.1, 0.15) is 10.4 Å². The largest absolute Gasteiger partial charge is 0.506 e. The van der Waals surface area contributed by atoms with Crippen molar-refractivity contribution in [2.75, 3.05) is 6.54 Å². The van der Waals surface area contributed by atoms with Crippen LogP contribution in [0.5, 0.6) is 17.2 Å². The number of aromatic hydroxyl groups is 1. The van der Waals surface area contributed by atoms with E-state index in [1.807, 2.05) is 18.2 Å². The van der Waals surface area contributed by atoms with Crippen molar-refractivity contribution in [1.29, 1.82) is 0 Å². The van der Waals surface area contributed by atoms with Crippen molar-refractivity contribution in [3.63, 3.8) is 0 Å². The Kier molecular flexibility index (Phi) is 4.80. The first-order chi connectivity index (χ1) is 12.9. The first kappa shape index (κ1) is 18.0. The number of pyridine rings is 1. The topological polar surface area (TPSA) is 118 Å². The second-order valence-corrected chi connectivity index (χ2v) is 5.76. The van der Waals surface area contributed by atoms with Gasteiger partial charge >= 0.3 is 5.97 Å². The summed E-state index contributed by atoms with van der Waals surface area (Å²) < 4.78 is 6.92. The molecule has 27 heavy (non-hydrogen) atoms. The summed E-state index contributed by atoms with van der Waals surface area (Å²) in [6, 6.07) is 13.7. The Morgan fingerprint density at radius 2 is 1.81 bits per heavy atom. The Morgan fingerprint density at radius 1 is 1.11 bits per heavy atom. The van der Waals surface area contributed by atoms with Gasteiger partial charge in [-0.2, -0.15) is 0 Å². The fourth-order valence-corrected chi connectivity index (χ4v) is 2.64.